The second-order valence-corrected chi connectivity index (χ2v) is 8.78. The number of fused-ring (bicyclic) bond motifs is 1. The number of benzene rings is 1. The average Bonchev–Trinajstić information content (AvgIpc) is 3.24. The molecule has 2 N–H and O–H groups in total. The predicted octanol–water partition coefficient (Wildman–Crippen LogP) is 0.0775. The van der Waals surface area contributed by atoms with Gasteiger partial charge >= 0.3 is 0 Å². The van der Waals surface area contributed by atoms with Crippen LogP contribution in [0, 0.1) is 17.2 Å². The maximum atomic E-state index is 12.8. The quantitative estimate of drug-likeness (QED) is 0.547. The molecule has 2 saturated heterocycles. The van der Waals surface area contributed by atoms with Crippen LogP contribution in [0.5, 0.6) is 0 Å². The minimum atomic E-state index is -0.451. The summed E-state index contributed by atoms with van der Waals surface area (Å²) in [6.45, 7) is 5.49. The Morgan fingerprint density at radius 3 is 2.50 bits per heavy atom. The van der Waals surface area contributed by atoms with Crippen LogP contribution in [0.1, 0.15) is 15.9 Å². The van der Waals surface area contributed by atoms with E-state index in [1.165, 1.54) is 12.4 Å². The van der Waals surface area contributed by atoms with Crippen molar-refractivity contribution in [2.24, 2.45) is 11.7 Å². The number of nitrogens with two attached hydrogens (primary N) is 1. The van der Waals surface area contributed by atoms with Crippen molar-refractivity contribution in [3.05, 3.63) is 48.0 Å². The van der Waals surface area contributed by atoms with Crippen molar-refractivity contribution in [3.63, 3.8) is 0 Å². The molecule has 0 aliphatic carbocycles. The van der Waals surface area contributed by atoms with Gasteiger partial charge in [-0.1, -0.05) is 0 Å². The maximum Gasteiger partial charge on any atom is 0.248 e. The number of nitrogens with zero attached hydrogens (tertiary/aromatic N) is 8. The highest BCUT2D eigenvalue weighted by Gasteiger charge is 2.31. The fourth-order valence-electron chi connectivity index (χ4n) is 4.54. The lowest BCUT2D eigenvalue weighted by Crippen LogP contribution is -2.55. The largest absolute Gasteiger partial charge is 0.366 e. The zero-order valence-corrected chi connectivity index (χ0v) is 18.7. The number of anilines is 1. The molecule has 11 heteroatoms. The Morgan fingerprint density at radius 2 is 1.82 bits per heavy atom. The molecule has 4 heterocycles. The van der Waals surface area contributed by atoms with Crippen molar-refractivity contribution in [1.29, 1.82) is 5.26 Å². The summed E-state index contributed by atoms with van der Waals surface area (Å²) >= 11 is 0. The predicted molar refractivity (Wildman–Crippen MR) is 124 cm³/mol. The highest BCUT2D eigenvalue weighted by Crippen LogP contribution is 2.22. The number of piperazine rings is 1. The van der Waals surface area contributed by atoms with Crippen LogP contribution < -0.4 is 10.6 Å². The standard InChI is InChI=1S/C23H25N9O2/c24-8-16-9-26-23(27-10-16)31-5-3-30(4-6-31)21(33)14-29-11-17(12-29)13-32-15-28-19-2-1-18(22(25)34)7-20(19)32/h1-2,7,9-10,15,17H,3-6,11-14H2,(H2,25,34). The molecule has 5 rings (SSSR count). The number of rotatable bonds is 6. The number of primary amides is 1. The summed E-state index contributed by atoms with van der Waals surface area (Å²) in [5.74, 6) is 0.700. The molecule has 0 spiro atoms. The van der Waals surface area contributed by atoms with Crippen LogP contribution in [0.3, 0.4) is 0 Å². The third kappa shape index (κ3) is 4.40. The zero-order chi connectivity index (χ0) is 23.7. The molecular formula is C23H25N9O2. The number of hydrogen-bond acceptors (Lipinski definition) is 8. The Balaban J connectivity index is 1.09. The van der Waals surface area contributed by atoms with Crippen LogP contribution in [0.15, 0.2) is 36.9 Å². The number of imidazole rings is 1. The van der Waals surface area contributed by atoms with E-state index >= 15 is 0 Å². The molecular weight excluding hydrogens is 434 g/mol. The lowest BCUT2D eigenvalue weighted by atomic mass is 10.00. The van der Waals surface area contributed by atoms with E-state index in [1.807, 2.05) is 21.9 Å². The van der Waals surface area contributed by atoms with Gasteiger partial charge in [-0.2, -0.15) is 5.26 Å². The van der Waals surface area contributed by atoms with Crippen LogP contribution in [-0.2, 0) is 11.3 Å². The molecule has 11 nitrogen and oxygen atoms in total. The number of amides is 2. The van der Waals surface area contributed by atoms with Gasteiger partial charge in [0.2, 0.25) is 17.8 Å². The van der Waals surface area contributed by atoms with Crippen LogP contribution in [0.2, 0.25) is 0 Å². The molecule has 2 aliphatic rings. The maximum absolute atomic E-state index is 12.8. The van der Waals surface area contributed by atoms with E-state index in [2.05, 4.69) is 24.4 Å². The van der Waals surface area contributed by atoms with Gasteiger partial charge in [-0.25, -0.2) is 15.0 Å². The van der Waals surface area contributed by atoms with Crippen LogP contribution in [0.25, 0.3) is 11.0 Å². The topological polar surface area (TPSA) is 137 Å². The number of nitriles is 1. The van der Waals surface area contributed by atoms with Crippen molar-refractivity contribution < 1.29 is 9.59 Å². The Labute approximate surface area is 196 Å². The monoisotopic (exact) mass is 459 g/mol. The van der Waals surface area contributed by atoms with Crippen molar-refractivity contribution in [2.45, 2.75) is 6.54 Å². The van der Waals surface area contributed by atoms with Crippen molar-refractivity contribution in [1.82, 2.24) is 29.3 Å². The van der Waals surface area contributed by atoms with E-state index in [0.717, 1.165) is 30.7 Å². The van der Waals surface area contributed by atoms with Gasteiger partial charge in [-0.15, -0.1) is 0 Å². The molecule has 0 radical (unpaired) electrons. The van der Waals surface area contributed by atoms with Gasteiger partial charge in [-0.05, 0) is 18.2 Å². The van der Waals surface area contributed by atoms with Crippen LogP contribution in [0.4, 0.5) is 5.95 Å². The van der Waals surface area contributed by atoms with E-state index in [0.29, 0.717) is 55.7 Å². The Hall–Kier alpha value is -4.04. The molecule has 34 heavy (non-hydrogen) atoms. The smallest absolute Gasteiger partial charge is 0.248 e. The molecule has 3 aromatic rings. The highest BCUT2D eigenvalue weighted by molar-refractivity contribution is 5.96. The first-order valence-electron chi connectivity index (χ1n) is 11.2. The molecule has 1 aromatic carbocycles. The van der Waals surface area contributed by atoms with E-state index in [4.69, 9.17) is 11.0 Å². The van der Waals surface area contributed by atoms with Crippen molar-refractivity contribution in [3.8, 4) is 6.07 Å². The summed E-state index contributed by atoms with van der Waals surface area (Å²) in [6.07, 6.45) is 4.83. The van der Waals surface area contributed by atoms with E-state index in [9.17, 15) is 9.59 Å². The number of carbonyl (C=O) groups is 2. The van der Waals surface area contributed by atoms with Gasteiger partial charge in [-0.3, -0.25) is 14.5 Å². The van der Waals surface area contributed by atoms with Crippen LogP contribution >= 0.6 is 0 Å². The first kappa shape index (κ1) is 21.8. The summed E-state index contributed by atoms with van der Waals surface area (Å²) in [6, 6.07) is 7.30. The Morgan fingerprint density at radius 1 is 1.09 bits per heavy atom. The lowest BCUT2D eigenvalue weighted by molar-refractivity contribution is -0.134. The number of aromatic nitrogens is 4. The summed E-state index contributed by atoms with van der Waals surface area (Å²) in [5.41, 5.74) is 8.04. The molecule has 2 fully saturated rings. The first-order chi connectivity index (χ1) is 16.5. The zero-order valence-electron chi connectivity index (χ0n) is 18.7. The van der Waals surface area contributed by atoms with Gasteiger partial charge < -0.3 is 20.1 Å². The fourth-order valence-corrected chi connectivity index (χ4v) is 4.54. The number of likely N-dealkylation sites (tertiary alicyclic amines) is 1. The van der Waals surface area contributed by atoms with Gasteiger partial charge in [0, 0.05) is 57.3 Å². The highest BCUT2D eigenvalue weighted by atomic mass is 16.2. The second-order valence-electron chi connectivity index (χ2n) is 8.78. The lowest BCUT2D eigenvalue weighted by Gasteiger charge is -2.41. The Kier molecular flexibility index (Phi) is 5.81. The average molecular weight is 460 g/mol. The number of hydrogen-bond donors (Lipinski definition) is 1. The molecule has 2 amide bonds. The summed E-state index contributed by atoms with van der Waals surface area (Å²) in [5, 5.41) is 8.87. The van der Waals surface area contributed by atoms with Crippen molar-refractivity contribution >= 4 is 28.8 Å². The third-order valence-electron chi connectivity index (χ3n) is 6.43. The fraction of sp³-hybridized carbons (Fsp3) is 0.391. The van der Waals surface area contributed by atoms with E-state index < -0.39 is 5.91 Å². The van der Waals surface area contributed by atoms with Gasteiger partial charge in [0.25, 0.3) is 0 Å². The number of carbonyl (C=O) groups excluding carboxylic acids is 2. The molecule has 0 saturated carbocycles. The summed E-state index contributed by atoms with van der Waals surface area (Å²) in [4.78, 5) is 43.2. The molecule has 0 atom stereocenters. The van der Waals surface area contributed by atoms with Gasteiger partial charge in [0.05, 0.1) is 41.9 Å². The van der Waals surface area contributed by atoms with Crippen LogP contribution in [-0.4, -0.2) is 86.9 Å². The minimum absolute atomic E-state index is 0.137. The first-order valence-corrected chi connectivity index (χ1v) is 11.2. The molecule has 174 valence electrons. The normalized spacial score (nSPS) is 16.9. The van der Waals surface area contributed by atoms with E-state index in [-0.39, 0.29) is 5.91 Å². The minimum Gasteiger partial charge on any atom is -0.366 e. The molecule has 0 bridgehead atoms. The summed E-state index contributed by atoms with van der Waals surface area (Å²) in [7, 11) is 0. The molecule has 0 unspecified atom stereocenters. The van der Waals surface area contributed by atoms with Crippen molar-refractivity contribution in [2.75, 3.05) is 50.7 Å². The van der Waals surface area contributed by atoms with E-state index in [1.54, 1.807) is 18.5 Å². The van der Waals surface area contributed by atoms with Gasteiger partial charge in [0.1, 0.15) is 6.07 Å². The molecule has 2 aliphatic heterocycles. The Bertz CT molecular complexity index is 1250. The summed E-state index contributed by atoms with van der Waals surface area (Å²) < 4.78 is 2.05. The van der Waals surface area contributed by atoms with Gasteiger partial charge in [0.15, 0.2) is 0 Å². The molecule has 2 aromatic heterocycles. The second kappa shape index (κ2) is 9.07. The third-order valence-corrected chi connectivity index (χ3v) is 6.43. The SMILES string of the molecule is N#Cc1cnc(N2CCN(C(=O)CN3CC(Cn4cnc5ccc(C(N)=O)cc54)C3)CC2)nc1.